The molecule has 2 saturated heterocycles. The largest absolute Gasteiger partial charge is 0.337 e. The van der Waals surface area contributed by atoms with Crippen LogP contribution in [0.15, 0.2) is 30.3 Å². The van der Waals surface area contributed by atoms with Gasteiger partial charge in [0.25, 0.3) is 0 Å². The van der Waals surface area contributed by atoms with Crippen LogP contribution < -0.4 is 0 Å². The number of likely N-dealkylation sites (tertiary alicyclic amines) is 2. The van der Waals surface area contributed by atoms with E-state index in [1.807, 2.05) is 26.8 Å². The van der Waals surface area contributed by atoms with E-state index in [0.29, 0.717) is 6.54 Å². The van der Waals surface area contributed by atoms with Crippen molar-refractivity contribution in [3.05, 3.63) is 35.9 Å². The van der Waals surface area contributed by atoms with E-state index >= 15 is 0 Å². The van der Waals surface area contributed by atoms with Crippen molar-refractivity contribution in [1.82, 2.24) is 9.80 Å². The Labute approximate surface area is 157 Å². The Balaban J connectivity index is 2.03. The van der Waals surface area contributed by atoms with Crippen LogP contribution in [0.2, 0.25) is 0 Å². The minimum Gasteiger partial charge on any atom is -0.337 e. The van der Waals surface area contributed by atoms with Gasteiger partial charge in [-0.15, -0.1) is 0 Å². The van der Waals surface area contributed by atoms with Gasteiger partial charge in [-0.05, 0) is 18.4 Å². The van der Waals surface area contributed by atoms with Gasteiger partial charge < -0.3 is 9.80 Å². The van der Waals surface area contributed by atoms with Crippen molar-refractivity contribution >= 4 is 11.8 Å². The molecular formula is C22H32N2O2. The van der Waals surface area contributed by atoms with Crippen LogP contribution in [0.4, 0.5) is 0 Å². The summed E-state index contributed by atoms with van der Waals surface area (Å²) in [5, 5.41) is 0. The van der Waals surface area contributed by atoms with Crippen molar-refractivity contribution in [1.29, 1.82) is 0 Å². The van der Waals surface area contributed by atoms with Crippen LogP contribution in [0, 0.1) is 5.41 Å². The Morgan fingerprint density at radius 1 is 1.00 bits per heavy atom. The fraction of sp³-hybridized carbons (Fsp3) is 0.636. The SMILES string of the molecule is CC(=O)N1CCCCC[C@@H]2[C@@H]1[C@H](c1ccccc1)CN2C(=O)C(C)(C)C. The first-order valence-electron chi connectivity index (χ1n) is 9.94. The molecule has 0 unspecified atom stereocenters. The number of amides is 2. The second kappa shape index (κ2) is 7.42. The third kappa shape index (κ3) is 3.65. The average Bonchev–Trinajstić information content (AvgIpc) is 2.92. The highest BCUT2D eigenvalue weighted by molar-refractivity contribution is 5.83. The lowest BCUT2D eigenvalue weighted by molar-refractivity contribution is -0.142. The van der Waals surface area contributed by atoms with Gasteiger partial charge in [0, 0.05) is 31.3 Å². The quantitative estimate of drug-likeness (QED) is 0.767. The maximum atomic E-state index is 13.2. The maximum absolute atomic E-state index is 13.2. The molecule has 1 aromatic rings. The van der Waals surface area contributed by atoms with Crippen LogP contribution in [0.25, 0.3) is 0 Å². The number of carbonyl (C=O) groups excluding carboxylic acids is 2. The zero-order valence-electron chi connectivity index (χ0n) is 16.6. The second-order valence-corrected chi connectivity index (χ2v) is 8.84. The van der Waals surface area contributed by atoms with Gasteiger partial charge in [0.05, 0.1) is 12.1 Å². The Hall–Kier alpha value is -1.84. The first-order chi connectivity index (χ1) is 12.3. The zero-order valence-corrected chi connectivity index (χ0v) is 16.6. The molecule has 0 saturated carbocycles. The van der Waals surface area contributed by atoms with Crippen LogP contribution in [0.3, 0.4) is 0 Å². The van der Waals surface area contributed by atoms with E-state index in [0.717, 1.165) is 32.2 Å². The van der Waals surface area contributed by atoms with Crippen LogP contribution >= 0.6 is 0 Å². The maximum Gasteiger partial charge on any atom is 0.228 e. The van der Waals surface area contributed by atoms with Crippen molar-refractivity contribution in [2.75, 3.05) is 13.1 Å². The third-order valence-electron chi connectivity index (χ3n) is 5.89. The Bertz CT molecular complexity index is 650. The Morgan fingerprint density at radius 3 is 2.31 bits per heavy atom. The number of carbonyl (C=O) groups is 2. The number of hydrogen-bond acceptors (Lipinski definition) is 2. The van der Waals surface area contributed by atoms with Crippen molar-refractivity contribution < 1.29 is 9.59 Å². The van der Waals surface area contributed by atoms with Crippen LogP contribution in [-0.4, -0.2) is 46.8 Å². The molecule has 2 amide bonds. The number of hydrogen-bond donors (Lipinski definition) is 0. The van der Waals surface area contributed by atoms with E-state index in [2.05, 4.69) is 34.1 Å². The van der Waals surface area contributed by atoms with Crippen LogP contribution in [0.1, 0.15) is 64.9 Å². The smallest absolute Gasteiger partial charge is 0.228 e. The molecule has 0 N–H and O–H groups in total. The molecule has 0 aliphatic carbocycles. The highest BCUT2D eigenvalue weighted by atomic mass is 16.2. The Kier molecular flexibility index (Phi) is 5.40. The molecule has 2 fully saturated rings. The second-order valence-electron chi connectivity index (χ2n) is 8.84. The fourth-order valence-corrected chi connectivity index (χ4v) is 4.66. The van der Waals surface area contributed by atoms with Gasteiger partial charge in [0.2, 0.25) is 11.8 Å². The van der Waals surface area contributed by atoms with E-state index in [1.54, 1.807) is 6.92 Å². The summed E-state index contributed by atoms with van der Waals surface area (Å²) in [4.78, 5) is 29.8. The molecular weight excluding hydrogens is 324 g/mol. The third-order valence-corrected chi connectivity index (χ3v) is 5.89. The minimum atomic E-state index is -0.403. The molecule has 3 rings (SSSR count). The summed E-state index contributed by atoms with van der Waals surface area (Å²) in [5.74, 6) is 0.525. The van der Waals surface area contributed by atoms with Gasteiger partial charge in [-0.2, -0.15) is 0 Å². The summed E-state index contributed by atoms with van der Waals surface area (Å²) in [6.45, 7) is 9.16. The molecule has 3 atom stereocenters. The predicted molar refractivity (Wildman–Crippen MR) is 104 cm³/mol. The van der Waals surface area contributed by atoms with E-state index < -0.39 is 5.41 Å². The molecule has 0 spiro atoms. The first kappa shape index (κ1) is 18.9. The summed E-state index contributed by atoms with van der Waals surface area (Å²) in [5.41, 5.74) is 0.832. The molecule has 0 radical (unpaired) electrons. The number of fused-ring (bicyclic) bond motifs is 1. The normalized spacial score (nSPS) is 26.8. The molecule has 2 aliphatic heterocycles. The summed E-state index contributed by atoms with van der Waals surface area (Å²) in [7, 11) is 0. The predicted octanol–water partition coefficient (Wildman–Crippen LogP) is 3.82. The Morgan fingerprint density at radius 2 is 1.69 bits per heavy atom. The van der Waals surface area contributed by atoms with Crippen LogP contribution in [0.5, 0.6) is 0 Å². The summed E-state index contributed by atoms with van der Waals surface area (Å²) in [6.07, 6.45) is 4.29. The summed E-state index contributed by atoms with van der Waals surface area (Å²) < 4.78 is 0. The lowest BCUT2D eigenvalue weighted by atomic mass is 9.86. The number of benzene rings is 1. The average molecular weight is 357 g/mol. The molecule has 26 heavy (non-hydrogen) atoms. The molecule has 1 aromatic carbocycles. The summed E-state index contributed by atoms with van der Waals surface area (Å²) in [6, 6.07) is 10.6. The van der Waals surface area contributed by atoms with Gasteiger partial charge in [0.1, 0.15) is 0 Å². The van der Waals surface area contributed by atoms with E-state index in [1.165, 1.54) is 5.56 Å². The summed E-state index contributed by atoms with van der Waals surface area (Å²) >= 11 is 0. The van der Waals surface area contributed by atoms with Gasteiger partial charge >= 0.3 is 0 Å². The molecule has 2 heterocycles. The van der Waals surface area contributed by atoms with E-state index in [9.17, 15) is 9.59 Å². The van der Waals surface area contributed by atoms with Crippen molar-refractivity contribution in [3.8, 4) is 0 Å². The zero-order chi connectivity index (χ0) is 18.9. The molecule has 2 aliphatic rings. The van der Waals surface area contributed by atoms with Gasteiger partial charge in [-0.1, -0.05) is 63.9 Å². The minimum absolute atomic E-state index is 0.0847. The molecule has 4 heteroatoms. The lowest BCUT2D eigenvalue weighted by Crippen LogP contribution is -2.52. The highest BCUT2D eigenvalue weighted by Crippen LogP contribution is 2.40. The van der Waals surface area contributed by atoms with E-state index in [4.69, 9.17) is 0 Å². The monoisotopic (exact) mass is 356 g/mol. The van der Waals surface area contributed by atoms with Crippen molar-refractivity contribution in [2.45, 2.75) is 71.4 Å². The molecule has 4 nitrogen and oxygen atoms in total. The standard InChI is InChI=1S/C22H32N2O2/c1-16(25)23-14-10-6-9-13-19-20(23)18(17-11-7-5-8-12-17)15-24(19)21(26)22(2,3)4/h5,7-8,11-12,18-20H,6,9-10,13-15H2,1-4H3/t18-,19+,20-/m0/s1. The van der Waals surface area contributed by atoms with Crippen molar-refractivity contribution in [2.24, 2.45) is 5.41 Å². The number of nitrogens with zero attached hydrogens (tertiary/aromatic N) is 2. The molecule has 0 aromatic heterocycles. The highest BCUT2D eigenvalue weighted by Gasteiger charge is 2.49. The topological polar surface area (TPSA) is 40.6 Å². The van der Waals surface area contributed by atoms with Gasteiger partial charge in [0.15, 0.2) is 0 Å². The molecule has 0 bridgehead atoms. The van der Waals surface area contributed by atoms with Crippen molar-refractivity contribution in [3.63, 3.8) is 0 Å². The number of rotatable bonds is 1. The van der Waals surface area contributed by atoms with Gasteiger partial charge in [-0.3, -0.25) is 9.59 Å². The first-order valence-corrected chi connectivity index (χ1v) is 9.94. The van der Waals surface area contributed by atoms with Gasteiger partial charge in [-0.25, -0.2) is 0 Å². The van der Waals surface area contributed by atoms with Crippen LogP contribution in [-0.2, 0) is 9.59 Å². The van der Waals surface area contributed by atoms with E-state index in [-0.39, 0.29) is 29.8 Å². The molecule has 142 valence electrons. The lowest BCUT2D eigenvalue weighted by Gasteiger charge is -2.39. The fourth-order valence-electron chi connectivity index (χ4n) is 4.66.